The predicted molar refractivity (Wildman–Crippen MR) is 128 cm³/mol. The summed E-state index contributed by atoms with van der Waals surface area (Å²) in [5, 5.41) is 0.517. The Balaban J connectivity index is 1.65. The van der Waals surface area contributed by atoms with E-state index in [0.717, 1.165) is 19.6 Å². The van der Waals surface area contributed by atoms with Crippen LogP contribution in [0.2, 0.25) is 5.02 Å². The third-order valence-electron chi connectivity index (χ3n) is 6.10. The Morgan fingerprint density at radius 3 is 2.48 bits per heavy atom. The second kappa shape index (κ2) is 8.96. The number of nitrogens with zero attached hydrogens (tertiary/aromatic N) is 5. The molecule has 0 amide bonds. The van der Waals surface area contributed by atoms with Gasteiger partial charge in [-0.25, -0.2) is 9.78 Å². The van der Waals surface area contributed by atoms with E-state index in [2.05, 4.69) is 14.9 Å². The van der Waals surface area contributed by atoms with Gasteiger partial charge in [0, 0.05) is 17.3 Å². The SMILES string of the molecule is COc1ccc(-n2c3nc(=O)n(CCCN4CCCC4)c(=O)c-3nc3ccc(Cl)cc32)cc1. The number of hydrogen-bond donors (Lipinski definition) is 0. The molecule has 3 aliphatic heterocycles. The summed E-state index contributed by atoms with van der Waals surface area (Å²) in [4.78, 5) is 37.5. The van der Waals surface area contributed by atoms with Crippen molar-refractivity contribution in [1.82, 2.24) is 24.0 Å². The lowest BCUT2D eigenvalue weighted by Gasteiger charge is -2.19. The molecular weight excluding hydrogens is 442 g/mol. The maximum absolute atomic E-state index is 13.4. The van der Waals surface area contributed by atoms with Crippen molar-refractivity contribution < 1.29 is 4.74 Å². The summed E-state index contributed by atoms with van der Waals surface area (Å²) in [6.07, 6.45) is 3.12. The molecule has 0 bridgehead atoms. The second-order valence-electron chi connectivity index (χ2n) is 8.20. The van der Waals surface area contributed by atoms with Gasteiger partial charge in [-0.15, -0.1) is 0 Å². The zero-order chi connectivity index (χ0) is 22.9. The largest absolute Gasteiger partial charge is 0.497 e. The van der Waals surface area contributed by atoms with E-state index in [4.69, 9.17) is 16.3 Å². The van der Waals surface area contributed by atoms with Gasteiger partial charge in [0.15, 0.2) is 11.5 Å². The van der Waals surface area contributed by atoms with Gasteiger partial charge in [0.25, 0.3) is 5.56 Å². The van der Waals surface area contributed by atoms with Gasteiger partial charge in [-0.05, 0) is 81.4 Å². The van der Waals surface area contributed by atoms with E-state index in [1.165, 1.54) is 17.4 Å². The van der Waals surface area contributed by atoms with Crippen LogP contribution in [-0.4, -0.2) is 50.7 Å². The molecule has 0 spiro atoms. The fourth-order valence-electron chi connectivity index (χ4n) is 4.42. The predicted octanol–water partition coefficient (Wildman–Crippen LogP) is 3.20. The Bertz CT molecular complexity index is 1390. The molecule has 9 heteroatoms. The average molecular weight is 466 g/mol. The summed E-state index contributed by atoms with van der Waals surface area (Å²) in [6.45, 7) is 3.33. The van der Waals surface area contributed by atoms with Gasteiger partial charge < -0.3 is 9.64 Å². The highest BCUT2D eigenvalue weighted by Crippen LogP contribution is 2.28. The second-order valence-corrected chi connectivity index (χ2v) is 8.64. The Labute approximate surface area is 195 Å². The van der Waals surface area contributed by atoms with Gasteiger partial charge in [-0.2, -0.15) is 4.98 Å². The Morgan fingerprint density at radius 2 is 1.76 bits per heavy atom. The van der Waals surface area contributed by atoms with Crippen LogP contribution in [-0.2, 0) is 6.54 Å². The first-order valence-corrected chi connectivity index (χ1v) is 11.4. The van der Waals surface area contributed by atoms with Crippen LogP contribution in [0.4, 0.5) is 0 Å². The van der Waals surface area contributed by atoms with Gasteiger partial charge in [0.1, 0.15) is 5.75 Å². The minimum Gasteiger partial charge on any atom is -0.497 e. The Morgan fingerprint density at radius 1 is 1.00 bits per heavy atom. The van der Waals surface area contributed by atoms with E-state index in [9.17, 15) is 9.59 Å². The molecule has 8 nitrogen and oxygen atoms in total. The summed E-state index contributed by atoms with van der Waals surface area (Å²) in [5.74, 6) is 0.901. The van der Waals surface area contributed by atoms with Crippen LogP contribution in [0.15, 0.2) is 52.1 Å². The first-order valence-electron chi connectivity index (χ1n) is 11.0. The fourth-order valence-corrected chi connectivity index (χ4v) is 4.59. The number of halogens is 1. The van der Waals surface area contributed by atoms with Crippen LogP contribution in [0.1, 0.15) is 19.3 Å². The molecule has 2 aromatic rings. The molecule has 0 atom stereocenters. The van der Waals surface area contributed by atoms with Crippen molar-refractivity contribution in [3.63, 3.8) is 0 Å². The van der Waals surface area contributed by atoms with E-state index in [1.54, 1.807) is 29.9 Å². The van der Waals surface area contributed by atoms with Gasteiger partial charge in [-0.3, -0.25) is 13.9 Å². The molecule has 0 aromatic heterocycles. The lowest BCUT2D eigenvalue weighted by Crippen LogP contribution is -2.39. The third-order valence-corrected chi connectivity index (χ3v) is 6.33. The zero-order valence-corrected chi connectivity index (χ0v) is 19.1. The number of methoxy groups -OCH3 is 1. The zero-order valence-electron chi connectivity index (χ0n) is 18.3. The van der Waals surface area contributed by atoms with Crippen LogP contribution >= 0.6 is 11.6 Å². The highest BCUT2D eigenvalue weighted by Gasteiger charge is 2.23. The number of aromatic nitrogens is 4. The molecule has 0 radical (unpaired) electrons. The number of likely N-dealkylation sites (tertiary alicyclic amines) is 1. The van der Waals surface area contributed by atoms with Gasteiger partial charge in [-0.1, -0.05) is 11.6 Å². The summed E-state index contributed by atoms with van der Waals surface area (Å²) in [5.41, 5.74) is 1.11. The lowest BCUT2D eigenvalue weighted by atomic mass is 10.2. The van der Waals surface area contributed by atoms with Crippen LogP contribution in [0.5, 0.6) is 5.75 Å². The Hall–Kier alpha value is -3.23. The van der Waals surface area contributed by atoms with E-state index in [1.807, 2.05) is 24.3 Å². The van der Waals surface area contributed by atoms with Crippen molar-refractivity contribution >= 4 is 22.6 Å². The number of fused-ring (bicyclic) bond motifs is 2. The van der Waals surface area contributed by atoms with Crippen LogP contribution in [0, 0.1) is 0 Å². The molecule has 1 fully saturated rings. The molecule has 3 aliphatic rings. The summed E-state index contributed by atoms with van der Waals surface area (Å²) in [6, 6.07) is 12.5. The van der Waals surface area contributed by atoms with Crippen molar-refractivity contribution in [3.05, 3.63) is 68.3 Å². The highest BCUT2D eigenvalue weighted by molar-refractivity contribution is 6.31. The molecule has 0 saturated carbocycles. The molecule has 0 N–H and O–H groups in total. The molecule has 3 heterocycles. The van der Waals surface area contributed by atoms with Gasteiger partial charge in [0.05, 0.1) is 18.1 Å². The van der Waals surface area contributed by atoms with Crippen molar-refractivity contribution in [2.75, 3.05) is 26.7 Å². The minimum absolute atomic E-state index is 0.154. The summed E-state index contributed by atoms with van der Waals surface area (Å²) < 4.78 is 8.21. The number of benzene rings is 2. The molecule has 0 aliphatic carbocycles. The summed E-state index contributed by atoms with van der Waals surface area (Å²) >= 11 is 6.26. The van der Waals surface area contributed by atoms with Crippen LogP contribution < -0.4 is 16.0 Å². The van der Waals surface area contributed by atoms with Crippen LogP contribution in [0.25, 0.3) is 28.2 Å². The summed E-state index contributed by atoms with van der Waals surface area (Å²) in [7, 11) is 1.59. The first kappa shape index (κ1) is 21.6. The number of hydrogen-bond acceptors (Lipinski definition) is 6. The molecule has 5 rings (SSSR count). The van der Waals surface area contributed by atoms with Gasteiger partial charge >= 0.3 is 5.69 Å². The maximum atomic E-state index is 13.4. The standard InChI is InChI=1S/C24H24ClN5O3/c1-33-18-8-6-17(7-9-18)30-20-15-16(25)5-10-19(20)26-21-22(30)27-24(32)29(23(21)31)14-4-13-28-11-2-3-12-28/h5-10,15H,2-4,11-14H2,1H3. The first-order chi connectivity index (χ1) is 16.0. The molecule has 170 valence electrons. The molecule has 1 saturated heterocycles. The minimum atomic E-state index is -0.570. The lowest BCUT2D eigenvalue weighted by molar-refractivity contribution is 0.323. The van der Waals surface area contributed by atoms with Crippen molar-refractivity contribution in [2.24, 2.45) is 0 Å². The van der Waals surface area contributed by atoms with Crippen molar-refractivity contribution in [1.29, 1.82) is 0 Å². The maximum Gasteiger partial charge on any atom is 0.352 e. The molecule has 2 aromatic carbocycles. The molecule has 33 heavy (non-hydrogen) atoms. The topological polar surface area (TPSA) is 82.3 Å². The van der Waals surface area contributed by atoms with E-state index in [-0.39, 0.29) is 11.5 Å². The van der Waals surface area contributed by atoms with Crippen molar-refractivity contribution in [2.45, 2.75) is 25.8 Å². The molecule has 0 unspecified atom stereocenters. The van der Waals surface area contributed by atoms with E-state index < -0.39 is 11.2 Å². The monoisotopic (exact) mass is 465 g/mol. The van der Waals surface area contributed by atoms with Crippen LogP contribution in [0.3, 0.4) is 0 Å². The fraction of sp³-hybridized carbons (Fsp3) is 0.333. The third kappa shape index (κ3) is 4.12. The number of ether oxygens (including phenoxy) is 1. The van der Waals surface area contributed by atoms with Gasteiger partial charge in [0.2, 0.25) is 0 Å². The smallest absolute Gasteiger partial charge is 0.352 e. The quantitative estimate of drug-likeness (QED) is 0.407. The molecular formula is C24H24ClN5O3. The average Bonchev–Trinajstić information content (AvgIpc) is 3.34. The Kier molecular flexibility index (Phi) is 5.86. The van der Waals surface area contributed by atoms with E-state index in [0.29, 0.717) is 40.5 Å². The van der Waals surface area contributed by atoms with E-state index >= 15 is 0 Å². The highest BCUT2D eigenvalue weighted by atomic mass is 35.5. The van der Waals surface area contributed by atoms with Crippen molar-refractivity contribution in [3.8, 4) is 23.0 Å². The normalized spacial score (nSPS) is 14.4. The number of rotatable bonds is 6.